The number of rotatable bonds is 20. The molecule has 5 nitrogen and oxygen atoms in total. The molecule has 5 heteroatoms. The van der Waals surface area contributed by atoms with E-state index in [4.69, 9.17) is 4.74 Å². The third-order valence-corrected chi connectivity index (χ3v) is 6.06. The minimum Gasteiger partial charge on any atom is -0.478 e. The Morgan fingerprint density at radius 2 is 1.03 bits per heavy atom. The van der Waals surface area contributed by atoms with E-state index in [0.29, 0.717) is 38.5 Å². The highest BCUT2D eigenvalue weighted by Gasteiger charge is 2.46. The van der Waals surface area contributed by atoms with Crippen molar-refractivity contribution in [1.82, 2.24) is 0 Å². The van der Waals surface area contributed by atoms with Gasteiger partial charge >= 0.3 is 11.9 Å². The number of carbonyl (C=O) groups excluding carboxylic acids is 1. The van der Waals surface area contributed by atoms with Crippen molar-refractivity contribution in [2.45, 2.75) is 148 Å². The molecule has 178 valence electrons. The van der Waals surface area contributed by atoms with Gasteiger partial charge in [-0.05, 0) is 51.4 Å². The van der Waals surface area contributed by atoms with Crippen LogP contribution in [0.2, 0.25) is 0 Å². The molecule has 0 radical (unpaired) electrons. The summed E-state index contributed by atoms with van der Waals surface area (Å²) in [5.74, 6) is -1.81. The second-order valence-electron chi connectivity index (χ2n) is 8.90. The van der Waals surface area contributed by atoms with E-state index in [2.05, 4.69) is 20.8 Å². The number of unbranched alkanes of at least 4 members (excludes halogenated alkanes) is 9. The summed E-state index contributed by atoms with van der Waals surface area (Å²) in [5.41, 5.74) is -3.11. The molecule has 0 aliphatic rings. The highest BCUT2D eigenvalue weighted by Crippen LogP contribution is 2.32. The van der Waals surface area contributed by atoms with Gasteiger partial charge in [-0.3, -0.25) is 0 Å². The number of aliphatic carboxylic acids is 1. The van der Waals surface area contributed by atoms with E-state index < -0.39 is 23.1 Å². The summed E-state index contributed by atoms with van der Waals surface area (Å²) in [6, 6.07) is 0. The summed E-state index contributed by atoms with van der Waals surface area (Å²) in [6.45, 7) is 8.31. The third-order valence-electron chi connectivity index (χ3n) is 6.06. The zero-order valence-electron chi connectivity index (χ0n) is 20.1. The first kappa shape index (κ1) is 28.9. The third kappa shape index (κ3) is 10.8. The molecule has 0 saturated carbocycles. The maximum atomic E-state index is 13.2. The predicted molar refractivity (Wildman–Crippen MR) is 123 cm³/mol. The van der Waals surface area contributed by atoms with Gasteiger partial charge in [0.25, 0.3) is 0 Å². The summed E-state index contributed by atoms with van der Waals surface area (Å²) < 4.78 is 5.75. The maximum Gasteiger partial charge on any atom is 0.348 e. The lowest BCUT2D eigenvalue weighted by molar-refractivity contribution is -0.196. The first-order chi connectivity index (χ1) is 14.3. The summed E-state index contributed by atoms with van der Waals surface area (Å²) in [4.78, 5) is 25.4. The molecule has 0 aromatic heterocycles. The smallest absolute Gasteiger partial charge is 0.348 e. The molecule has 0 heterocycles. The maximum absolute atomic E-state index is 13.2. The summed E-state index contributed by atoms with van der Waals surface area (Å²) in [5, 5.41) is 21.2. The van der Waals surface area contributed by atoms with Crippen LogP contribution in [0.4, 0.5) is 0 Å². The van der Waals surface area contributed by atoms with Crippen molar-refractivity contribution in [3.8, 4) is 0 Å². The number of carboxylic acids is 1. The zero-order chi connectivity index (χ0) is 22.9. The van der Waals surface area contributed by atoms with Crippen LogP contribution in [0.1, 0.15) is 137 Å². The largest absolute Gasteiger partial charge is 0.478 e. The van der Waals surface area contributed by atoms with Gasteiger partial charge in [-0.1, -0.05) is 85.5 Å². The fraction of sp³-hybridized carbons (Fsp3) is 0.920. The van der Waals surface area contributed by atoms with E-state index in [1.807, 2.05) is 6.92 Å². The van der Waals surface area contributed by atoms with Crippen molar-refractivity contribution in [3.63, 3.8) is 0 Å². The Bertz CT molecular complexity index is 464. The highest BCUT2D eigenvalue weighted by atomic mass is 16.6. The van der Waals surface area contributed by atoms with Gasteiger partial charge < -0.3 is 14.9 Å². The van der Waals surface area contributed by atoms with E-state index in [1.54, 1.807) is 0 Å². The van der Waals surface area contributed by atoms with Gasteiger partial charge in [0.2, 0.25) is 5.60 Å². The van der Waals surface area contributed by atoms with Crippen LogP contribution in [0.3, 0.4) is 0 Å². The minimum atomic E-state index is -1.58. The van der Waals surface area contributed by atoms with Crippen molar-refractivity contribution in [2.75, 3.05) is 0 Å². The quantitative estimate of drug-likeness (QED) is 0.165. The fourth-order valence-electron chi connectivity index (χ4n) is 3.90. The normalized spacial score (nSPS) is 15.4. The van der Waals surface area contributed by atoms with E-state index in [1.165, 1.54) is 0 Å². The number of carboxylic acid groups (broad SMARTS) is 1. The van der Waals surface area contributed by atoms with Gasteiger partial charge in [-0.15, -0.1) is 0 Å². The van der Waals surface area contributed by atoms with Gasteiger partial charge in [0.15, 0.2) is 5.60 Å². The first-order valence-corrected chi connectivity index (χ1v) is 12.5. The van der Waals surface area contributed by atoms with Gasteiger partial charge in [-0.2, -0.15) is 0 Å². The Balaban J connectivity index is 5.43. The number of ether oxygens (including phenoxy) is 1. The Kier molecular flexibility index (Phi) is 16.0. The average molecular weight is 429 g/mol. The van der Waals surface area contributed by atoms with Crippen molar-refractivity contribution < 1.29 is 24.5 Å². The molecular formula is C25H48O5. The van der Waals surface area contributed by atoms with Crippen LogP contribution in [-0.2, 0) is 14.3 Å². The molecule has 0 aromatic carbocycles. The van der Waals surface area contributed by atoms with E-state index in [9.17, 15) is 19.8 Å². The molecule has 0 spiro atoms. The molecule has 0 bridgehead atoms. The molecule has 0 amide bonds. The zero-order valence-corrected chi connectivity index (χ0v) is 20.1. The average Bonchev–Trinajstić information content (AvgIpc) is 2.72. The van der Waals surface area contributed by atoms with Crippen LogP contribution in [0.25, 0.3) is 0 Å². The molecule has 2 N–H and O–H groups in total. The van der Waals surface area contributed by atoms with Crippen molar-refractivity contribution >= 4 is 11.9 Å². The fourth-order valence-corrected chi connectivity index (χ4v) is 3.90. The lowest BCUT2D eigenvalue weighted by atomic mass is 9.87. The summed E-state index contributed by atoms with van der Waals surface area (Å²) >= 11 is 0. The minimum absolute atomic E-state index is 0.303. The highest BCUT2D eigenvalue weighted by molar-refractivity contribution is 5.85. The molecule has 30 heavy (non-hydrogen) atoms. The molecule has 0 rings (SSSR count). The van der Waals surface area contributed by atoms with Crippen molar-refractivity contribution in [2.24, 2.45) is 0 Å². The monoisotopic (exact) mass is 428 g/mol. The van der Waals surface area contributed by atoms with Crippen LogP contribution in [0, 0.1) is 0 Å². The molecule has 0 aromatic rings. The van der Waals surface area contributed by atoms with Crippen LogP contribution in [-0.4, -0.2) is 33.4 Å². The predicted octanol–water partition coefficient (Wildman–Crippen LogP) is 6.80. The second kappa shape index (κ2) is 16.6. The molecular weight excluding hydrogens is 380 g/mol. The molecule has 2 atom stereocenters. The van der Waals surface area contributed by atoms with Gasteiger partial charge in [0.1, 0.15) is 0 Å². The van der Waals surface area contributed by atoms with E-state index in [0.717, 1.165) is 70.6 Å². The van der Waals surface area contributed by atoms with Crippen molar-refractivity contribution in [3.05, 3.63) is 0 Å². The number of esters is 1. The Morgan fingerprint density at radius 1 is 0.633 bits per heavy atom. The second-order valence-corrected chi connectivity index (χ2v) is 8.90. The van der Waals surface area contributed by atoms with E-state index >= 15 is 0 Å². The van der Waals surface area contributed by atoms with Gasteiger partial charge in [0, 0.05) is 0 Å². The number of hydrogen-bond donors (Lipinski definition) is 2. The standard InChI is InChI=1S/C25H48O5/c1-5-9-13-16-19-24(29,18-15-11-7-3)23(28)30-25(22(26)27,20-12-8-4)21-17-14-10-6-2/h29H,5-21H2,1-4H3,(H,26,27). The number of hydrogen-bond acceptors (Lipinski definition) is 4. The molecule has 0 aliphatic carbocycles. The van der Waals surface area contributed by atoms with E-state index in [-0.39, 0.29) is 0 Å². The summed E-state index contributed by atoms with van der Waals surface area (Å²) in [7, 11) is 0. The van der Waals surface area contributed by atoms with Crippen LogP contribution in [0.5, 0.6) is 0 Å². The Hall–Kier alpha value is -1.10. The molecule has 0 aliphatic heterocycles. The number of aliphatic hydroxyl groups is 1. The van der Waals surface area contributed by atoms with Crippen molar-refractivity contribution in [1.29, 1.82) is 0 Å². The Labute approximate surface area is 185 Å². The Morgan fingerprint density at radius 3 is 1.50 bits per heavy atom. The molecule has 2 unspecified atom stereocenters. The molecule has 0 fully saturated rings. The van der Waals surface area contributed by atoms with Gasteiger partial charge in [0.05, 0.1) is 0 Å². The topological polar surface area (TPSA) is 83.8 Å². The lowest BCUT2D eigenvalue weighted by Crippen LogP contribution is -2.50. The van der Waals surface area contributed by atoms with Gasteiger partial charge in [-0.25, -0.2) is 9.59 Å². The SMILES string of the molecule is CCCCCCC(O)(CCCCC)C(=O)OC(CCCC)(CCCCCC)C(=O)O. The summed E-state index contributed by atoms with van der Waals surface area (Å²) in [6.07, 6.45) is 13.0. The van der Waals surface area contributed by atoms with Crippen LogP contribution < -0.4 is 0 Å². The lowest BCUT2D eigenvalue weighted by Gasteiger charge is -2.34. The first-order valence-electron chi connectivity index (χ1n) is 12.5. The molecule has 0 saturated heterocycles. The van der Waals surface area contributed by atoms with Crippen LogP contribution >= 0.6 is 0 Å². The van der Waals surface area contributed by atoms with Crippen LogP contribution in [0.15, 0.2) is 0 Å². The number of carbonyl (C=O) groups is 2.